The van der Waals surface area contributed by atoms with Gasteiger partial charge in [-0.05, 0) is 59.9 Å². The minimum atomic E-state index is -1.03. The van der Waals surface area contributed by atoms with Crippen LogP contribution in [0.4, 0.5) is 4.39 Å². The van der Waals surface area contributed by atoms with E-state index in [9.17, 15) is 14.3 Å². The SMILES string of the molecule is Cc1ccccc1[C@]1(O)CCN(C(=O)c2cccc(-c3cccc(F)c3)c2)C1. The first kappa shape index (κ1) is 18.4. The first-order valence-electron chi connectivity index (χ1n) is 9.40. The molecule has 0 radical (unpaired) electrons. The fraction of sp³-hybridized carbons (Fsp3) is 0.208. The lowest BCUT2D eigenvalue weighted by atomic mass is 9.89. The Hall–Kier alpha value is -2.98. The van der Waals surface area contributed by atoms with E-state index in [1.807, 2.05) is 43.3 Å². The molecule has 0 unspecified atom stereocenters. The van der Waals surface area contributed by atoms with E-state index in [1.165, 1.54) is 12.1 Å². The van der Waals surface area contributed by atoms with Crippen molar-refractivity contribution in [2.45, 2.75) is 18.9 Å². The van der Waals surface area contributed by atoms with E-state index in [0.29, 0.717) is 18.5 Å². The van der Waals surface area contributed by atoms with Crippen molar-refractivity contribution in [3.63, 3.8) is 0 Å². The van der Waals surface area contributed by atoms with Crippen molar-refractivity contribution in [2.24, 2.45) is 0 Å². The summed E-state index contributed by atoms with van der Waals surface area (Å²) in [5, 5.41) is 11.1. The predicted molar refractivity (Wildman–Crippen MR) is 107 cm³/mol. The van der Waals surface area contributed by atoms with Gasteiger partial charge in [0.1, 0.15) is 11.4 Å². The van der Waals surface area contributed by atoms with Gasteiger partial charge >= 0.3 is 0 Å². The summed E-state index contributed by atoms with van der Waals surface area (Å²) in [5.41, 5.74) is 2.93. The minimum absolute atomic E-state index is 0.122. The number of benzene rings is 3. The number of carbonyl (C=O) groups is 1. The number of amides is 1. The van der Waals surface area contributed by atoms with Crippen LogP contribution in [0, 0.1) is 12.7 Å². The average molecular weight is 375 g/mol. The monoisotopic (exact) mass is 375 g/mol. The second kappa shape index (κ2) is 7.21. The predicted octanol–water partition coefficient (Wildman–Crippen LogP) is 4.53. The number of halogens is 1. The van der Waals surface area contributed by atoms with Crippen LogP contribution in [0.2, 0.25) is 0 Å². The standard InChI is InChI=1S/C24H22FNO2/c1-17-6-2-3-11-22(17)24(28)12-13-26(16-24)23(27)20-9-4-7-18(14-20)19-8-5-10-21(25)15-19/h2-11,14-15,28H,12-13,16H2,1H3/t24-/m0/s1. The molecule has 1 fully saturated rings. The van der Waals surface area contributed by atoms with Gasteiger partial charge in [-0.25, -0.2) is 4.39 Å². The number of carbonyl (C=O) groups excluding carboxylic acids is 1. The van der Waals surface area contributed by atoms with Gasteiger partial charge in [0.25, 0.3) is 5.91 Å². The molecule has 0 saturated carbocycles. The van der Waals surface area contributed by atoms with Gasteiger partial charge in [-0.3, -0.25) is 4.79 Å². The van der Waals surface area contributed by atoms with Gasteiger partial charge in [0.05, 0.1) is 6.54 Å². The molecule has 1 amide bonds. The fourth-order valence-electron chi connectivity index (χ4n) is 3.96. The average Bonchev–Trinajstić information content (AvgIpc) is 3.11. The Bertz CT molecular complexity index is 1030. The molecule has 1 heterocycles. The molecular formula is C24H22FNO2. The van der Waals surface area contributed by atoms with Crippen molar-refractivity contribution in [1.29, 1.82) is 0 Å². The minimum Gasteiger partial charge on any atom is -0.383 e. The Kier molecular flexibility index (Phi) is 4.73. The second-order valence-electron chi connectivity index (χ2n) is 7.41. The first-order valence-corrected chi connectivity index (χ1v) is 9.40. The quantitative estimate of drug-likeness (QED) is 0.730. The van der Waals surface area contributed by atoms with Crippen molar-refractivity contribution >= 4 is 5.91 Å². The largest absolute Gasteiger partial charge is 0.383 e. The number of rotatable bonds is 3. The van der Waals surface area contributed by atoms with Gasteiger partial charge in [0.15, 0.2) is 0 Å². The molecule has 3 aromatic carbocycles. The van der Waals surface area contributed by atoms with Crippen molar-refractivity contribution < 1.29 is 14.3 Å². The Morgan fingerprint density at radius 3 is 2.46 bits per heavy atom. The van der Waals surface area contributed by atoms with Crippen LogP contribution < -0.4 is 0 Å². The molecule has 1 N–H and O–H groups in total. The van der Waals surface area contributed by atoms with Crippen molar-refractivity contribution in [3.05, 3.63) is 95.3 Å². The lowest BCUT2D eigenvalue weighted by Gasteiger charge is -2.25. The molecule has 4 heteroatoms. The number of β-amino-alcohol motifs (C(OH)–C–C–N with tert-alkyl or cyclic N) is 1. The molecule has 1 atom stereocenters. The van der Waals surface area contributed by atoms with Crippen LogP contribution in [0.15, 0.2) is 72.8 Å². The maximum absolute atomic E-state index is 13.5. The van der Waals surface area contributed by atoms with Crippen LogP contribution in [-0.2, 0) is 5.60 Å². The van der Waals surface area contributed by atoms with E-state index >= 15 is 0 Å². The number of aryl methyl sites for hydroxylation is 1. The molecule has 1 aliphatic rings. The van der Waals surface area contributed by atoms with Gasteiger partial charge in [-0.1, -0.05) is 48.5 Å². The maximum atomic E-state index is 13.5. The fourth-order valence-corrected chi connectivity index (χ4v) is 3.96. The van der Waals surface area contributed by atoms with Gasteiger partial charge in [-0.2, -0.15) is 0 Å². The van der Waals surface area contributed by atoms with E-state index in [0.717, 1.165) is 22.3 Å². The number of nitrogens with zero attached hydrogens (tertiary/aromatic N) is 1. The van der Waals surface area contributed by atoms with Gasteiger partial charge in [-0.15, -0.1) is 0 Å². The summed E-state index contributed by atoms with van der Waals surface area (Å²) in [6.45, 7) is 2.73. The zero-order valence-electron chi connectivity index (χ0n) is 15.7. The van der Waals surface area contributed by atoms with Crippen LogP contribution in [0.5, 0.6) is 0 Å². The van der Waals surface area contributed by atoms with E-state index in [-0.39, 0.29) is 18.3 Å². The molecule has 0 aromatic heterocycles. The highest BCUT2D eigenvalue weighted by atomic mass is 19.1. The smallest absolute Gasteiger partial charge is 0.253 e. The normalized spacial score (nSPS) is 19.0. The summed E-state index contributed by atoms with van der Waals surface area (Å²) < 4.78 is 13.5. The summed E-state index contributed by atoms with van der Waals surface area (Å²) in [7, 11) is 0. The highest BCUT2D eigenvalue weighted by molar-refractivity contribution is 5.95. The summed E-state index contributed by atoms with van der Waals surface area (Å²) in [5.74, 6) is -0.431. The zero-order chi connectivity index (χ0) is 19.7. The van der Waals surface area contributed by atoms with Gasteiger partial charge in [0, 0.05) is 12.1 Å². The van der Waals surface area contributed by atoms with Crippen LogP contribution in [-0.4, -0.2) is 29.0 Å². The van der Waals surface area contributed by atoms with E-state index in [4.69, 9.17) is 0 Å². The molecule has 142 valence electrons. The van der Waals surface area contributed by atoms with Crippen LogP contribution >= 0.6 is 0 Å². The van der Waals surface area contributed by atoms with Crippen LogP contribution in [0.3, 0.4) is 0 Å². The maximum Gasteiger partial charge on any atom is 0.253 e. The molecule has 0 aliphatic carbocycles. The third-order valence-corrected chi connectivity index (χ3v) is 5.45. The van der Waals surface area contributed by atoms with E-state index in [1.54, 1.807) is 29.2 Å². The molecular weight excluding hydrogens is 353 g/mol. The molecule has 3 aromatic rings. The van der Waals surface area contributed by atoms with Crippen molar-refractivity contribution in [1.82, 2.24) is 4.90 Å². The van der Waals surface area contributed by atoms with Crippen molar-refractivity contribution in [3.8, 4) is 11.1 Å². The number of hydrogen-bond acceptors (Lipinski definition) is 2. The third kappa shape index (κ3) is 3.43. The summed E-state index contributed by atoms with van der Waals surface area (Å²) in [4.78, 5) is 14.7. The van der Waals surface area contributed by atoms with E-state index < -0.39 is 5.60 Å². The molecule has 4 rings (SSSR count). The number of aliphatic hydroxyl groups is 1. The molecule has 28 heavy (non-hydrogen) atoms. The zero-order valence-corrected chi connectivity index (χ0v) is 15.7. The van der Waals surface area contributed by atoms with Crippen LogP contribution in [0.1, 0.15) is 27.9 Å². The topological polar surface area (TPSA) is 40.5 Å². The molecule has 1 aliphatic heterocycles. The highest BCUT2D eigenvalue weighted by Gasteiger charge is 2.40. The molecule has 3 nitrogen and oxygen atoms in total. The Balaban J connectivity index is 1.58. The molecule has 0 bridgehead atoms. The summed E-state index contributed by atoms with van der Waals surface area (Å²) in [6.07, 6.45) is 0.507. The Morgan fingerprint density at radius 1 is 1.00 bits per heavy atom. The third-order valence-electron chi connectivity index (χ3n) is 5.45. The van der Waals surface area contributed by atoms with E-state index in [2.05, 4.69) is 0 Å². The van der Waals surface area contributed by atoms with Crippen molar-refractivity contribution in [2.75, 3.05) is 13.1 Å². The summed E-state index contributed by atoms with van der Waals surface area (Å²) >= 11 is 0. The number of hydrogen-bond donors (Lipinski definition) is 1. The Labute approximate surface area is 164 Å². The summed E-state index contributed by atoms with van der Waals surface area (Å²) in [6, 6.07) is 21.3. The second-order valence-corrected chi connectivity index (χ2v) is 7.41. The highest BCUT2D eigenvalue weighted by Crippen LogP contribution is 2.34. The lowest BCUT2D eigenvalue weighted by Crippen LogP contribution is -2.34. The van der Waals surface area contributed by atoms with Gasteiger partial charge in [0.2, 0.25) is 0 Å². The van der Waals surface area contributed by atoms with Crippen LogP contribution in [0.25, 0.3) is 11.1 Å². The number of likely N-dealkylation sites (tertiary alicyclic amines) is 1. The lowest BCUT2D eigenvalue weighted by molar-refractivity contribution is 0.0412. The first-order chi connectivity index (χ1) is 13.5. The van der Waals surface area contributed by atoms with Gasteiger partial charge < -0.3 is 10.0 Å². The Morgan fingerprint density at radius 2 is 1.71 bits per heavy atom. The molecule has 0 spiro atoms. The molecule has 1 saturated heterocycles.